The molecular weight excluding hydrogens is 1310 g/mol. The van der Waals surface area contributed by atoms with E-state index in [1.165, 1.54) is 44.5 Å². The summed E-state index contributed by atoms with van der Waals surface area (Å²) in [6.07, 6.45) is 5.20. The molecule has 0 aliphatic carbocycles. The van der Waals surface area contributed by atoms with E-state index in [9.17, 15) is 40.9 Å². The third kappa shape index (κ3) is 19.3. The van der Waals surface area contributed by atoms with E-state index in [1.807, 2.05) is 48.5 Å². The summed E-state index contributed by atoms with van der Waals surface area (Å²) < 4.78 is 0. The Kier molecular flexibility index (Phi) is 25.0. The van der Waals surface area contributed by atoms with Gasteiger partial charge in [0.25, 0.3) is 0 Å². The predicted octanol–water partition coefficient (Wildman–Crippen LogP) is 26.1. The first-order valence-electron chi connectivity index (χ1n) is 39.0. The quantitative estimate of drug-likeness (QED) is 0.0474. The topological polar surface area (TPSA) is 162 Å². The zero-order valence-electron chi connectivity index (χ0n) is 71.4. The highest BCUT2D eigenvalue weighted by Crippen LogP contribution is 2.50. The van der Waals surface area contributed by atoms with Gasteiger partial charge in [-0.3, -0.25) is 0 Å². The smallest absolute Gasteiger partial charge is 0.119 e. The number of benzene rings is 8. The van der Waals surface area contributed by atoms with E-state index in [0.29, 0.717) is 46.0 Å². The maximum absolute atomic E-state index is 11.1. The van der Waals surface area contributed by atoms with Gasteiger partial charge in [-0.05, 0) is 306 Å². The van der Waals surface area contributed by atoms with Crippen molar-refractivity contribution in [2.24, 2.45) is 0 Å². The zero-order chi connectivity index (χ0) is 80.3. The molecule has 0 atom stereocenters. The van der Waals surface area contributed by atoms with Crippen molar-refractivity contribution >= 4 is 0 Å². The highest BCUT2D eigenvalue weighted by molar-refractivity contribution is 5.58. The molecule has 0 fully saturated rings. The Bertz CT molecular complexity index is 3660. The SMILES string of the molecule is Cc1cc(O)c(C(C)(C)C)cc1C(CCCC(c1cc(C(C)(C)C)c(O)cc1C)c1cc(C(C)(C)C)c(O)cc1C)c1cc(C(C)(C)C)c(O)cc1C.Cc1cc(O)c(C(C)(C)C)cc1C(CCCC(c1cc(C(C)(C)C)c(O)cc1C)c1cc(C(C)(C)C)c(O)cc1C)c1cc(C(C)(C)C)c(O)cc1C. The van der Waals surface area contributed by atoms with Crippen LogP contribution in [0.1, 0.15) is 362 Å². The largest absolute Gasteiger partial charge is 0.508 e. The third-order valence-electron chi connectivity index (χ3n) is 22.5. The molecule has 0 aliphatic rings. The lowest BCUT2D eigenvalue weighted by molar-refractivity contribution is 0.442. The normalized spacial score (nSPS) is 13.0. The molecule has 8 aromatic rings. The molecule has 0 saturated carbocycles. The van der Waals surface area contributed by atoms with Crippen molar-refractivity contribution < 1.29 is 40.9 Å². The summed E-state index contributed by atoms with van der Waals surface area (Å²) in [4.78, 5) is 0. The number of aryl methyl sites for hydroxylation is 8. The average Bonchev–Trinajstić information content (AvgIpc) is 0.780. The van der Waals surface area contributed by atoms with Crippen LogP contribution in [0.5, 0.6) is 46.0 Å². The lowest BCUT2D eigenvalue weighted by atomic mass is 9.74. The fraction of sp³-hybridized carbons (Fsp3) is 0.510. The summed E-state index contributed by atoms with van der Waals surface area (Å²) in [7, 11) is 0. The number of aromatic hydroxyl groups is 8. The molecular formula is C98H136O8. The maximum atomic E-state index is 11.1. The minimum Gasteiger partial charge on any atom is -0.508 e. The van der Waals surface area contributed by atoms with Gasteiger partial charge in [-0.1, -0.05) is 228 Å². The molecule has 106 heavy (non-hydrogen) atoms. The Hall–Kier alpha value is -7.84. The van der Waals surface area contributed by atoms with Gasteiger partial charge in [0.1, 0.15) is 46.0 Å². The first-order valence-corrected chi connectivity index (χ1v) is 39.0. The molecule has 0 aliphatic heterocycles. The van der Waals surface area contributed by atoms with Gasteiger partial charge in [0.05, 0.1) is 0 Å². The molecule has 0 radical (unpaired) electrons. The van der Waals surface area contributed by atoms with Crippen molar-refractivity contribution in [3.63, 3.8) is 0 Å². The van der Waals surface area contributed by atoms with Crippen LogP contribution in [0.25, 0.3) is 0 Å². The third-order valence-corrected chi connectivity index (χ3v) is 22.5. The van der Waals surface area contributed by atoms with Crippen molar-refractivity contribution in [1.82, 2.24) is 0 Å². The summed E-state index contributed by atoms with van der Waals surface area (Å²) in [5, 5.41) is 89.0. The van der Waals surface area contributed by atoms with E-state index in [0.717, 1.165) is 128 Å². The van der Waals surface area contributed by atoms with Crippen LogP contribution in [0.15, 0.2) is 97.1 Å². The number of rotatable bonds is 16. The molecule has 8 heteroatoms. The first-order chi connectivity index (χ1) is 48.2. The van der Waals surface area contributed by atoms with Crippen molar-refractivity contribution in [3.05, 3.63) is 231 Å². The van der Waals surface area contributed by atoms with E-state index in [1.54, 1.807) is 0 Å². The van der Waals surface area contributed by atoms with E-state index >= 15 is 0 Å². The van der Waals surface area contributed by atoms with Crippen LogP contribution in [0.3, 0.4) is 0 Å². The van der Waals surface area contributed by atoms with Crippen molar-refractivity contribution in [3.8, 4) is 46.0 Å². The Morgan fingerprint density at radius 1 is 0.179 bits per heavy atom. The van der Waals surface area contributed by atoms with Gasteiger partial charge in [0, 0.05) is 23.7 Å². The molecule has 0 aromatic heterocycles. The zero-order valence-corrected chi connectivity index (χ0v) is 71.4. The molecule has 0 saturated heterocycles. The Morgan fingerprint density at radius 3 is 0.358 bits per heavy atom. The van der Waals surface area contributed by atoms with E-state index in [4.69, 9.17) is 0 Å². The number of hydrogen-bond acceptors (Lipinski definition) is 8. The Morgan fingerprint density at radius 2 is 0.274 bits per heavy atom. The fourth-order valence-electron chi connectivity index (χ4n) is 16.5. The van der Waals surface area contributed by atoms with E-state index in [2.05, 4.69) is 270 Å². The number of phenolic OH excluding ortho intramolecular Hbond substituents is 8. The highest BCUT2D eigenvalue weighted by Gasteiger charge is 2.35. The lowest BCUT2D eigenvalue weighted by Crippen LogP contribution is -2.17. The van der Waals surface area contributed by atoms with Crippen LogP contribution >= 0.6 is 0 Å². The van der Waals surface area contributed by atoms with Crippen LogP contribution < -0.4 is 0 Å². The van der Waals surface area contributed by atoms with Gasteiger partial charge < -0.3 is 40.9 Å². The van der Waals surface area contributed by atoms with Gasteiger partial charge in [-0.15, -0.1) is 0 Å². The van der Waals surface area contributed by atoms with Crippen LogP contribution in [-0.2, 0) is 43.3 Å². The predicted molar refractivity (Wildman–Crippen MR) is 447 cm³/mol. The summed E-state index contributed by atoms with van der Waals surface area (Å²) >= 11 is 0. The van der Waals surface area contributed by atoms with Crippen LogP contribution in [0.2, 0.25) is 0 Å². The maximum Gasteiger partial charge on any atom is 0.119 e. The standard InChI is InChI=1S/2C49H68O4/c2*1-28-20-42(50)38(46(5,6)7)24-34(28)32(35-25-39(47(8,9)10)43(51)21-29(35)2)18-17-19-33(36-26-40(48(11,12)13)44(52)22-30(36)3)37-27-41(49(14,15)16)45(53)23-31(37)4/h2*20-27,32-33,50-53H,17-19H2,1-16H3. The Balaban J connectivity index is 0.000000296. The molecule has 8 nitrogen and oxygen atoms in total. The number of hydrogen-bond donors (Lipinski definition) is 8. The summed E-state index contributed by atoms with van der Waals surface area (Å²) in [5.41, 5.74) is 23.5. The van der Waals surface area contributed by atoms with Crippen molar-refractivity contribution in [2.75, 3.05) is 0 Å². The molecule has 8 rings (SSSR count). The van der Waals surface area contributed by atoms with Gasteiger partial charge in [0.15, 0.2) is 0 Å². The van der Waals surface area contributed by atoms with Gasteiger partial charge in [-0.25, -0.2) is 0 Å². The van der Waals surface area contributed by atoms with Crippen LogP contribution in [-0.4, -0.2) is 40.9 Å². The monoisotopic (exact) mass is 1440 g/mol. The molecule has 8 aromatic carbocycles. The molecule has 8 N–H and O–H groups in total. The molecule has 0 amide bonds. The second-order valence-corrected chi connectivity index (χ2v) is 39.9. The molecule has 0 spiro atoms. The van der Waals surface area contributed by atoms with Gasteiger partial charge in [0.2, 0.25) is 0 Å². The minimum atomic E-state index is -0.245. The van der Waals surface area contributed by atoms with Crippen molar-refractivity contribution in [1.29, 1.82) is 0 Å². The molecule has 576 valence electrons. The van der Waals surface area contributed by atoms with Crippen LogP contribution in [0.4, 0.5) is 0 Å². The molecule has 0 unspecified atom stereocenters. The second kappa shape index (κ2) is 31.0. The van der Waals surface area contributed by atoms with Crippen molar-refractivity contribution in [2.45, 2.75) is 327 Å². The highest BCUT2D eigenvalue weighted by atomic mass is 16.3. The molecule has 0 heterocycles. The minimum absolute atomic E-state index is 0.0242. The second-order valence-electron chi connectivity index (χ2n) is 39.9. The summed E-state index contributed by atoms with van der Waals surface area (Å²) in [6, 6.07) is 33.1. The van der Waals surface area contributed by atoms with Gasteiger partial charge >= 0.3 is 0 Å². The Labute approximate surface area is 640 Å². The summed E-state index contributed by atoms with van der Waals surface area (Å²) in [6.45, 7) is 68.2. The van der Waals surface area contributed by atoms with E-state index < -0.39 is 0 Å². The summed E-state index contributed by atoms with van der Waals surface area (Å²) in [5.74, 6) is 2.69. The van der Waals surface area contributed by atoms with Gasteiger partial charge in [-0.2, -0.15) is 0 Å². The lowest BCUT2D eigenvalue weighted by Gasteiger charge is -2.31. The first kappa shape index (κ1) is 85.4. The number of phenols is 8. The van der Waals surface area contributed by atoms with E-state index in [-0.39, 0.29) is 67.0 Å². The molecule has 0 bridgehead atoms. The van der Waals surface area contributed by atoms with Crippen LogP contribution in [0, 0.1) is 55.4 Å². The average molecular weight is 1440 g/mol. The fourth-order valence-corrected chi connectivity index (χ4v) is 16.5.